The van der Waals surface area contributed by atoms with Crippen LogP contribution in [0.1, 0.15) is 53.4 Å². The second kappa shape index (κ2) is 13.3. The van der Waals surface area contributed by atoms with Crippen LogP contribution in [-0.2, 0) is 23.9 Å². The highest BCUT2D eigenvalue weighted by Gasteiger charge is 2.37. The number of carboxylic acid groups (broad SMARTS) is 1. The quantitative estimate of drug-likeness (QED) is 0.284. The fourth-order valence-electron chi connectivity index (χ4n) is 3.87. The maximum atomic E-state index is 12.1. The molecular weight excluding hydrogens is 404 g/mol. The molecule has 1 rings (SSSR count). The molecule has 6 N–H and O–H groups in total. The molecule has 1 saturated heterocycles. The van der Waals surface area contributed by atoms with Crippen molar-refractivity contribution in [3.8, 4) is 0 Å². The molecule has 0 aliphatic carbocycles. The molecule has 178 valence electrons. The van der Waals surface area contributed by atoms with Crippen molar-refractivity contribution >= 4 is 23.7 Å². The summed E-state index contributed by atoms with van der Waals surface area (Å²) in [7, 11) is 0. The normalized spacial score (nSPS) is 26.5. The summed E-state index contributed by atoms with van der Waals surface area (Å²) < 4.78 is 6.27. The number of nitrogens with two attached hydrogens (primary N) is 1. The summed E-state index contributed by atoms with van der Waals surface area (Å²) in [5.74, 6) is -1.27. The van der Waals surface area contributed by atoms with Crippen molar-refractivity contribution in [2.75, 3.05) is 19.6 Å². The molecule has 6 atom stereocenters. The first kappa shape index (κ1) is 26.8. The number of carboxylic acids is 1. The Morgan fingerprint density at radius 3 is 2.03 bits per heavy atom. The van der Waals surface area contributed by atoms with Crippen LogP contribution in [0, 0.1) is 17.8 Å². The van der Waals surface area contributed by atoms with E-state index in [0.29, 0.717) is 24.2 Å². The predicted molar refractivity (Wildman–Crippen MR) is 115 cm³/mol. The third kappa shape index (κ3) is 9.22. The lowest BCUT2D eigenvalue weighted by Crippen LogP contribution is -2.47. The Balaban J connectivity index is 2.28. The zero-order chi connectivity index (χ0) is 23.6. The maximum absolute atomic E-state index is 12.1. The van der Waals surface area contributed by atoms with E-state index in [1.54, 1.807) is 0 Å². The van der Waals surface area contributed by atoms with Crippen LogP contribution in [0.4, 0.5) is 0 Å². The fourth-order valence-corrected chi connectivity index (χ4v) is 3.87. The van der Waals surface area contributed by atoms with Crippen LogP contribution < -0.4 is 21.7 Å². The smallest absolute Gasteiger partial charge is 0.322 e. The lowest BCUT2D eigenvalue weighted by Gasteiger charge is -2.44. The van der Waals surface area contributed by atoms with Crippen LogP contribution >= 0.6 is 0 Å². The van der Waals surface area contributed by atoms with Crippen molar-refractivity contribution in [2.45, 2.75) is 71.6 Å². The molecule has 0 spiro atoms. The number of ether oxygens (including phenoxy) is 1. The molecule has 10 heteroatoms. The van der Waals surface area contributed by atoms with Gasteiger partial charge in [0, 0.05) is 0 Å². The minimum absolute atomic E-state index is 0.157. The van der Waals surface area contributed by atoms with Crippen molar-refractivity contribution in [2.24, 2.45) is 23.5 Å². The van der Waals surface area contributed by atoms with Crippen LogP contribution in [0.15, 0.2) is 0 Å². The molecule has 0 aromatic carbocycles. The molecule has 1 aliphatic heterocycles. The van der Waals surface area contributed by atoms with Gasteiger partial charge in [-0.25, -0.2) is 0 Å². The summed E-state index contributed by atoms with van der Waals surface area (Å²) in [5.41, 5.74) is 5.94. The van der Waals surface area contributed by atoms with Crippen LogP contribution in [0.25, 0.3) is 0 Å². The monoisotopic (exact) mass is 442 g/mol. The first-order chi connectivity index (χ1) is 14.6. The molecule has 10 nitrogen and oxygen atoms in total. The molecule has 0 radical (unpaired) electrons. The zero-order valence-electron chi connectivity index (χ0n) is 19.0. The van der Waals surface area contributed by atoms with E-state index in [1.807, 2.05) is 0 Å². The average Bonchev–Trinajstić information content (AvgIpc) is 2.74. The SMILES string of the molecule is CCC1O[C@H](CCC[C@H](N)C(=O)NCC(=O)NCC(=O)NCC(=O)O)C(C)[C@@H](C)[C@H]1C. The predicted octanol–water partition coefficient (Wildman–Crippen LogP) is 0.00290. The van der Waals surface area contributed by atoms with Gasteiger partial charge in [-0.1, -0.05) is 27.7 Å². The molecule has 1 heterocycles. The van der Waals surface area contributed by atoms with Gasteiger partial charge in [0.05, 0.1) is 31.3 Å². The van der Waals surface area contributed by atoms with Crippen LogP contribution in [0.3, 0.4) is 0 Å². The van der Waals surface area contributed by atoms with E-state index >= 15 is 0 Å². The number of aliphatic carboxylic acids is 1. The largest absolute Gasteiger partial charge is 0.480 e. The van der Waals surface area contributed by atoms with Gasteiger partial charge in [0.2, 0.25) is 17.7 Å². The van der Waals surface area contributed by atoms with E-state index < -0.39 is 36.3 Å². The van der Waals surface area contributed by atoms with Crippen LogP contribution in [-0.4, -0.2) is 66.7 Å². The van der Waals surface area contributed by atoms with Gasteiger partial charge >= 0.3 is 5.97 Å². The lowest BCUT2D eigenvalue weighted by atomic mass is 9.75. The maximum Gasteiger partial charge on any atom is 0.322 e. The first-order valence-electron chi connectivity index (χ1n) is 11.0. The van der Waals surface area contributed by atoms with Gasteiger partial charge in [-0.2, -0.15) is 0 Å². The number of hydrogen-bond acceptors (Lipinski definition) is 6. The van der Waals surface area contributed by atoms with E-state index in [9.17, 15) is 19.2 Å². The highest BCUT2D eigenvalue weighted by atomic mass is 16.5. The number of amides is 3. The Hall–Kier alpha value is -2.20. The summed E-state index contributed by atoms with van der Waals surface area (Å²) in [6.45, 7) is 7.66. The lowest BCUT2D eigenvalue weighted by molar-refractivity contribution is -0.137. The summed E-state index contributed by atoms with van der Waals surface area (Å²) in [6.07, 6.45) is 3.47. The van der Waals surface area contributed by atoms with E-state index in [1.165, 1.54) is 0 Å². The van der Waals surface area contributed by atoms with Crippen molar-refractivity contribution in [1.82, 2.24) is 16.0 Å². The van der Waals surface area contributed by atoms with Gasteiger partial charge in [0.1, 0.15) is 6.54 Å². The average molecular weight is 443 g/mol. The molecule has 1 fully saturated rings. The zero-order valence-corrected chi connectivity index (χ0v) is 19.0. The van der Waals surface area contributed by atoms with Gasteiger partial charge in [-0.3, -0.25) is 19.2 Å². The third-order valence-electron chi connectivity index (χ3n) is 6.23. The number of rotatable bonds is 12. The molecular formula is C21H38N4O6. The highest BCUT2D eigenvalue weighted by Crippen LogP contribution is 2.37. The first-order valence-corrected chi connectivity index (χ1v) is 11.0. The topological polar surface area (TPSA) is 160 Å². The van der Waals surface area contributed by atoms with Crippen LogP contribution in [0.5, 0.6) is 0 Å². The van der Waals surface area contributed by atoms with Crippen molar-refractivity contribution in [3.63, 3.8) is 0 Å². The minimum atomic E-state index is -1.18. The Bertz CT molecular complexity index is 627. The second-order valence-corrected chi connectivity index (χ2v) is 8.40. The van der Waals surface area contributed by atoms with E-state index in [-0.39, 0.29) is 25.3 Å². The molecule has 0 aromatic rings. The Morgan fingerprint density at radius 2 is 1.45 bits per heavy atom. The molecule has 0 bridgehead atoms. The van der Waals surface area contributed by atoms with Crippen LogP contribution in [0.2, 0.25) is 0 Å². The Kier molecular flexibility index (Phi) is 11.5. The molecule has 31 heavy (non-hydrogen) atoms. The summed E-state index contributed by atoms with van der Waals surface area (Å²) >= 11 is 0. The molecule has 2 unspecified atom stereocenters. The number of carbonyl (C=O) groups excluding carboxylic acids is 3. The minimum Gasteiger partial charge on any atom is -0.480 e. The van der Waals surface area contributed by atoms with Crippen molar-refractivity contribution in [1.29, 1.82) is 0 Å². The summed E-state index contributed by atoms with van der Waals surface area (Å²) in [4.78, 5) is 45.5. The summed E-state index contributed by atoms with van der Waals surface area (Å²) in [5, 5.41) is 15.3. The molecule has 3 amide bonds. The summed E-state index contributed by atoms with van der Waals surface area (Å²) in [6, 6.07) is -0.733. The third-order valence-corrected chi connectivity index (χ3v) is 6.23. The number of nitrogens with one attached hydrogen (secondary N) is 3. The van der Waals surface area contributed by atoms with Gasteiger partial charge in [-0.05, 0) is 43.4 Å². The standard InChI is InChI=1S/C21H38N4O6/c1-5-16-13(3)12(2)14(4)17(31-16)8-6-7-15(22)21(30)25-10-19(27)23-9-18(26)24-11-20(28)29/h12-17H,5-11,22H2,1-4H3,(H,23,27)(H,24,26)(H,25,30)(H,28,29)/t12-,13+,14?,15-,16?,17+/m0/s1. The highest BCUT2D eigenvalue weighted by molar-refractivity contribution is 5.90. The van der Waals surface area contributed by atoms with Gasteiger partial charge in [-0.15, -0.1) is 0 Å². The number of carbonyl (C=O) groups is 4. The molecule has 0 saturated carbocycles. The van der Waals surface area contributed by atoms with E-state index in [0.717, 1.165) is 19.3 Å². The van der Waals surface area contributed by atoms with Gasteiger partial charge < -0.3 is 31.5 Å². The van der Waals surface area contributed by atoms with Crippen molar-refractivity contribution in [3.05, 3.63) is 0 Å². The Labute approximate surface area is 184 Å². The molecule has 0 aromatic heterocycles. The van der Waals surface area contributed by atoms with Crippen molar-refractivity contribution < 1.29 is 29.0 Å². The fraction of sp³-hybridized carbons (Fsp3) is 0.810. The number of hydrogen-bond donors (Lipinski definition) is 5. The van der Waals surface area contributed by atoms with E-state index in [2.05, 4.69) is 43.6 Å². The van der Waals surface area contributed by atoms with E-state index in [4.69, 9.17) is 15.6 Å². The Morgan fingerprint density at radius 1 is 0.903 bits per heavy atom. The molecule has 1 aliphatic rings. The van der Waals surface area contributed by atoms with Gasteiger partial charge in [0.15, 0.2) is 0 Å². The second-order valence-electron chi connectivity index (χ2n) is 8.40. The van der Waals surface area contributed by atoms with Gasteiger partial charge in [0.25, 0.3) is 0 Å².